The monoisotopic (exact) mass is 193 g/mol. The van der Waals surface area contributed by atoms with Crippen molar-refractivity contribution in [1.82, 2.24) is 4.98 Å². The quantitative estimate of drug-likeness (QED) is 0.683. The molecule has 0 N–H and O–H groups in total. The fourth-order valence-electron chi connectivity index (χ4n) is 1.38. The highest BCUT2D eigenvalue weighted by Gasteiger charge is 2.24. The van der Waals surface area contributed by atoms with Gasteiger partial charge in [0.15, 0.2) is 0 Å². The van der Waals surface area contributed by atoms with E-state index in [-0.39, 0.29) is 6.10 Å². The van der Waals surface area contributed by atoms with Gasteiger partial charge in [0.05, 0.1) is 0 Å². The maximum atomic E-state index is 10.6. The van der Waals surface area contributed by atoms with E-state index in [0.29, 0.717) is 6.61 Å². The van der Waals surface area contributed by atoms with Crippen LogP contribution in [0.5, 0.6) is 0 Å². The molecular formula is C10H11NO3. The van der Waals surface area contributed by atoms with Crippen LogP contribution in [0.4, 0.5) is 4.79 Å². The minimum atomic E-state index is -0.554. The van der Waals surface area contributed by atoms with Gasteiger partial charge in [0, 0.05) is 12.4 Å². The standard InChI is InChI=1S/C10H11NO3/c12-10-13-7-9(14-10)4-3-8-2-1-5-11-6-8/h1-2,5-6,9H,3-4,7H2/t9-/m1/s1. The van der Waals surface area contributed by atoms with Crippen molar-refractivity contribution < 1.29 is 14.3 Å². The third-order valence-corrected chi connectivity index (χ3v) is 2.13. The summed E-state index contributed by atoms with van der Waals surface area (Å²) in [5, 5.41) is 0. The number of aromatic nitrogens is 1. The Morgan fingerprint density at radius 3 is 3.14 bits per heavy atom. The van der Waals surface area contributed by atoms with E-state index in [1.807, 2.05) is 18.3 Å². The van der Waals surface area contributed by atoms with Crippen LogP contribution >= 0.6 is 0 Å². The fourth-order valence-corrected chi connectivity index (χ4v) is 1.38. The largest absolute Gasteiger partial charge is 0.508 e. The van der Waals surface area contributed by atoms with Crippen molar-refractivity contribution in [3.63, 3.8) is 0 Å². The van der Waals surface area contributed by atoms with E-state index >= 15 is 0 Å². The summed E-state index contributed by atoms with van der Waals surface area (Å²) in [7, 11) is 0. The lowest BCUT2D eigenvalue weighted by atomic mass is 10.1. The molecule has 0 aromatic carbocycles. The molecule has 74 valence electrons. The van der Waals surface area contributed by atoms with Crippen LogP contribution in [0.3, 0.4) is 0 Å². The van der Waals surface area contributed by atoms with Crippen LogP contribution in [-0.4, -0.2) is 23.9 Å². The van der Waals surface area contributed by atoms with Crippen molar-refractivity contribution >= 4 is 6.16 Å². The van der Waals surface area contributed by atoms with E-state index < -0.39 is 6.16 Å². The third kappa shape index (κ3) is 2.22. The molecule has 1 saturated heterocycles. The van der Waals surface area contributed by atoms with E-state index in [2.05, 4.69) is 9.72 Å². The van der Waals surface area contributed by atoms with Crippen LogP contribution in [0.15, 0.2) is 24.5 Å². The first kappa shape index (κ1) is 8.99. The van der Waals surface area contributed by atoms with Gasteiger partial charge >= 0.3 is 6.16 Å². The summed E-state index contributed by atoms with van der Waals surface area (Å²) < 4.78 is 9.58. The van der Waals surface area contributed by atoms with E-state index in [1.54, 1.807) is 6.20 Å². The van der Waals surface area contributed by atoms with Gasteiger partial charge in [-0.05, 0) is 24.5 Å². The highest BCUT2D eigenvalue weighted by Crippen LogP contribution is 2.12. The molecule has 14 heavy (non-hydrogen) atoms. The third-order valence-electron chi connectivity index (χ3n) is 2.13. The lowest BCUT2D eigenvalue weighted by Crippen LogP contribution is -2.10. The molecule has 1 aliphatic rings. The molecule has 0 spiro atoms. The zero-order valence-corrected chi connectivity index (χ0v) is 7.68. The molecule has 1 aliphatic heterocycles. The van der Waals surface area contributed by atoms with Gasteiger partial charge in [0.2, 0.25) is 0 Å². The average Bonchev–Trinajstić information content (AvgIpc) is 2.63. The van der Waals surface area contributed by atoms with Gasteiger partial charge in [-0.25, -0.2) is 4.79 Å². The van der Waals surface area contributed by atoms with Crippen LogP contribution in [0, 0.1) is 0 Å². The Bertz CT molecular complexity index is 312. The first-order valence-electron chi connectivity index (χ1n) is 4.57. The second-order valence-corrected chi connectivity index (χ2v) is 3.20. The Hall–Kier alpha value is -1.58. The van der Waals surface area contributed by atoms with Gasteiger partial charge in [-0.2, -0.15) is 0 Å². The summed E-state index contributed by atoms with van der Waals surface area (Å²) in [5.41, 5.74) is 1.15. The summed E-state index contributed by atoms with van der Waals surface area (Å²) in [4.78, 5) is 14.6. The van der Waals surface area contributed by atoms with E-state index in [0.717, 1.165) is 18.4 Å². The molecule has 1 aromatic heterocycles. The lowest BCUT2D eigenvalue weighted by Gasteiger charge is -2.04. The zero-order chi connectivity index (χ0) is 9.80. The van der Waals surface area contributed by atoms with Crippen molar-refractivity contribution in [3.8, 4) is 0 Å². The van der Waals surface area contributed by atoms with Gasteiger partial charge < -0.3 is 9.47 Å². The number of ether oxygens (including phenoxy) is 2. The number of rotatable bonds is 3. The van der Waals surface area contributed by atoms with Crippen LogP contribution < -0.4 is 0 Å². The predicted octanol–water partition coefficient (Wildman–Crippen LogP) is 1.55. The van der Waals surface area contributed by atoms with E-state index in [1.165, 1.54) is 0 Å². The fraction of sp³-hybridized carbons (Fsp3) is 0.400. The molecule has 0 bridgehead atoms. The number of carbonyl (C=O) groups excluding carboxylic acids is 1. The van der Waals surface area contributed by atoms with Gasteiger partial charge in [-0.3, -0.25) is 4.98 Å². The van der Waals surface area contributed by atoms with Crippen LogP contribution in [-0.2, 0) is 15.9 Å². The maximum Gasteiger partial charge on any atom is 0.508 e. The van der Waals surface area contributed by atoms with Gasteiger partial charge in [-0.15, -0.1) is 0 Å². The summed E-state index contributed by atoms with van der Waals surface area (Å²) in [6, 6.07) is 3.90. The SMILES string of the molecule is O=C1OC[C@@H](CCc2cccnc2)O1. The van der Waals surface area contributed by atoms with Crippen LogP contribution in [0.1, 0.15) is 12.0 Å². The first-order valence-corrected chi connectivity index (χ1v) is 4.57. The van der Waals surface area contributed by atoms with E-state index in [9.17, 15) is 4.79 Å². The molecule has 2 heterocycles. The summed E-state index contributed by atoms with van der Waals surface area (Å²) >= 11 is 0. The Labute approximate surface area is 81.9 Å². The Kier molecular flexibility index (Phi) is 2.62. The Morgan fingerprint density at radius 2 is 2.50 bits per heavy atom. The number of aryl methyl sites for hydroxylation is 1. The number of hydrogen-bond donors (Lipinski definition) is 0. The molecule has 4 heteroatoms. The van der Waals surface area contributed by atoms with Crippen molar-refractivity contribution in [2.45, 2.75) is 18.9 Å². The number of carbonyl (C=O) groups is 1. The maximum absolute atomic E-state index is 10.6. The molecule has 0 saturated carbocycles. The normalized spacial score (nSPS) is 20.3. The number of nitrogens with zero attached hydrogens (tertiary/aromatic N) is 1. The minimum Gasteiger partial charge on any atom is -0.430 e. The number of pyridine rings is 1. The highest BCUT2D eigenvalue weighted by atomic mass is 16.8. The van der Waals surface area contributed by atoms with Crippen LogP contribution in [0.2, 0.25) is 0 Å². The number of cyclic esters (lactones) is 2. The van der Waals surface area contributed by atoms with Gasteiger partial charge in [0.1, 0.15) is 12.7 Å². The summed E-state index contributed by atoms with van der Waals surface area (Å²) in [6.07, 6.45) is 4.55. The number of hydrogen-bond acceptors (Lipinski definition) is 4. The van der Waals surface area contributed by atoms with Crippen molar-refractivity contribution in [1.29, 1.82) is 0 Å². The molecule has 0 aliphatic carbocycles. The second kappa shape index (κ2) is 4.09. The second-order valence-electron chi connectivity index (χ2n) is 3.20. The lowest BCUT2D eigenvalue weighted by molar-refractivity contribution is 0.116. The average molecular weight is 193 g/mol. The topological polar surface area (TPSA) is 48.4 Å². The van der Waals surface area contributed by atoms with Crippen LogP contribution in [0.25, 0.3) is 0 Å². The Balaban J connectivity index is 1.80. The van der Waals surface area contributed by atoms with Gasteiger partial charge in [-0.1, -0.05) is 6.07 Å². The first-order chi connectivity index (χ1) is 6.84. The Morgan fingerprint density at radius 1 is 1.57 bits per heavy atom. The zero-order valence-electron chi connectivity index (χ0n) is 7.68. The molecule has 2 rings (SSSR count). The molecule has 0 unspecified atom stereocenters. The predicted molar refractivity (Wildman–Crippen MR) is 48.8 cm³/mol. The summed E-state index contributed by atoms with van der Waals surface area (Å²) in [5.74, 6) is 0. The van der Waals surface area contributed by atoms with Gasteiger partial charge in [0.25, 0.3) is 0 Å². The van der Waals surface area contributed by atoms with Crippen molar-refractivity contribution in [3.05, 3.63) is 30.1 Å². The van der Waals surface area contributed by atoms with E-state index in [4.69, 9.17) is 4.74 Å². The minimum absolute atomic E-state index is 0.0947. The molecule has 0 amide bonds. The highest BCUT2D eigenvalue weighted by molar-refractivity contribution is 5.61. The van der Waals surface area contributed by atoms with Crippen molar-refractivity contribution in [2.24, 2.45) is 0 Å². The molecule has 1 atom stereocenters. The molecule has 0 radical (unpaired) electrons. The van der Waals surface area contributed by atoms with Crippen molar-refractivity contribution in [2.75, 3.05) is 6.61 Å². The molecular weight excluding hydrogens is 182 g/mol. The smallest absolute Gasteiger partial charge is 0.430 e. The molecule has 4 nitrogen and oxygen atoms in total. The summed E-state index contributed by atoms with van der Waals surface area (Å²) in [6.45, 7) is 0.374. The molecule has 1 aromatic rings. The molecule has 1 fully saturated rings.